The predicted octanol–water partition coefficient (Wildman–Crippen LogP) is 2.84. The molecule has 0 radical (unpaired) electrons. The van der Waals surface area contributed by atoms with Gasteiger partial charge < -0.3 is 14.7 Å². The highest BCUT2D eigenvalue weighted by Crippen LogP contribution is 2.24. The van der Waals surface area contributed by atoms with E-state index in [1.165, 1.54) is 5.39 Å². The molecule has 108 valence electrons. The Balaban J connectivity index is 2.05. The lowest BCUT2D eigenvalue weighted by Crippen LogP contribution is -2.28. The molecule has 2 aromatic carbocycles. The zero-order chi connectivity index (χ0) is 14.4. The van der Waals surface area contributed by atoms with E-state index < -0.39 is 6.10 Å². The molecular weight excluding hydrogens is 250 g/mol. The van der Waals surface area contributed by atoms with Crippen molar-refractivity contribution < 1.29 is 9.84 Å². The molecule has 0 fully saturated rings. The number of aliphatic hydroxyl groups is 1. The van der Waals surface area contributed by atoms with Crippen LogP contribution < -0.4 is 0 Å². The van der Waals surface area contributed by atoms with E-state index in [1.807, 2.05) is 38.2 Å². The van der Waals surface area contributed by atoms with Crippen LogP contribution in [0.2, 0.25) is 0 Å². The standard InChI is InChI=1S/C17H23NO2/c1-3-20-12-11-18(2)13-17(19)16-10-6-8-14-7-4-5-9-15(14)16/h4-10,17,19H,3,11-13H2,1-2H3. The van der Waals surface area contributed by atoms with Crippen molar-refractivity contribution in [2.75, 3.05) is 33.4 Å². The van der Waals surface area contributed by atoms with Crippen LogP contribution in [0.4, 0.5) is 0 Å². The second kappa shape index (κ2) is 7.39. The fourth-order valence-electron chi connectivity index (χ4n) is 2.39. The second-order valence-electron chi connectivity index (χ2n) is 5.04. The van der Waals surface area contributed by atoms with Gasteiger partial charge in [0.1, 0.15) is 0 Å². The summed E-state index contributed by atoms with van der Waals surface area (Å²) in [6.07, 6.45) is -0.479. The number of benzene rings is 2. The van der Waals surface area contributed by atoms with Crippen molar-refractivity contribution in [2.45, 2.75) is 13.0 Å². The Bertz CT molecular complexity index is 536. The number of ether oxygens (including phenoxy) is 1. The van der Waals surface area contributed by atoms with E-state index in [0.29, 0.717) is 13.2 Å². The van der Waals surface area contributed by atoms with E-state index >= 15 is 0 Å². The maximum atomic E-state index is 10.5. The van der Waals surface area contributed by atoms with Crippen molar-refractivity contribution in [3.63, 3.8) is 0 Å². The van der Waals surface area contributed by atoms with Crippen LogP contribution in [0, 0.1) is 0 Å². The molecule has 3 nitrogen and oxygen atoms in total. The topological polar surface area (TPSA) is 32.7 Å². The van der Waals surface area contributed by atoms with Gasteiger partial charge in [-0.3, -0.25) is 0 Å². The molecule has 2 aromatic rings. The first-order chi connectivity index (χ1) is 9.72. The van der Waals surface area contributed by atoms with Gasteiger partial charge in [0.2, 0.25) is 0 Å². The third-order valence-electron chi connectivity index (χ3n) is 3.49. The average Bonchev–Trinajstić information content (AvgIpc) is 2.47. The third kappa shape index (κ3) is 3.79. The summed E-state index contributed by atoms with van der Waals surface area (Å²) in [5, 5.41) is 12.8. The molecule has 20 heavy (non-hydrogen) atoms. The third-order valence-corrected chi connectivity index (χ3v) is 3.49. The van der Waals surface area contributed by atoms with Crippen LogP contribution in [-0.4, -0.2) is 43.4 Å². The summed E-state index contributed by atoms with van der Waals surface area (Å²) >= 11 is 0. The maximum Gasteiger partial charge on any atom is 0.0922 e. The second-order valence-corrected chi connectivity index (χ2v) is 5.04. The van der Waals surface area contributed by atoms with Gasteiger partial charge in [-0.2, -0.15) is 0 Å². The molecule has 2 rings (SSSR count). The Hall–Kier alpha value is -1.42. The number of rotatable bonds is 7. The number of hydrogen-bond donors (Lipinski definition) is 1. The molecule has 0 aromatic heterocycles. The van der Waals surface area contributed by atoms with Gasteiger partial charge in [0, 0.05) is 19.7 Å². The van der Waals surface area contributed by atoms with Crippen LogP contribution in [0.3, 0.4) is 0 Å². The van der Waals surface area contributed by atoms with Gasteiger partial charge in [-0.15, -0.1) is 0 Å². The first-order valence-electron chi connectivity index (χ1n) is 7.14. The fraction of sp³-hybridized carbons (Fsp3) is 0.412. The summed E-state index contributed by atoms with van der Waals surface area (Å²) < 4.78 is 5.34. The van der Waals surface area contributed by atoms with Gasteiger partial charge in [-0.05, 0) is 30.3 Å². The molecule has 1 unspecified atom stereocenters. The minimum atomic E-state index is -0.479. The fourth-order valence-corrected chi connectivity index (χ4v) is 2.39. The van der Waals surface area contributed by atoms with Gasteiger partial charge in [-0.1, -0.05) is 42.5 Å². The lowest BCUT2D eigenvalue weighted by atomic mass is 10.0. The molecule has 0 amide bonds. The minimum Gasteiger partial charge on any atom is -0.387 e. The first-order valence-corrected chi connectivity index (χ1v) is 7.14. The molecule has 1 N–H and O–H groups in total. The van der Waals surface area contributed by atoms with Gasteiger partial charge >= 0.3 is 0 Å². The summed E-state index contributed by atoms with van der Waals surface area (Å²) in [6, 6.07) is 14.2. The molecule has 0 aliphatic rings. The monoisotopic (exact) mass is 273 g/mol. The highest BCUT2D eigenvalue weighted by Gasteiger charge is 2.13. The van der Waals surface area contributed by atoms with Crippen molar-refractivity contribution in [1.82, 2.24) is 4.90 Å². The van der Waals surface area contributed by atoms with Crippen molar-refractivity contribution in [2.24, 2.45) is 0 Å². The summed E-state index contributed by atoms with van der Waals surface area (Å²) in [4.78, 5) is 2.10. The SMILES string of the molecule is CCOCCN(C)CC(O)c1cccc2ccccc12. The Morgan fingerprint density at radius 3 is 2.70 bits per heavy atom. The number of likely N-dealkylation sites (N-methyl/N-ethyl adjacent to an activating group) is 1. The summed E-state index contributed by atoms with van der Waals surface area (Å²) in [5.74, 6) is 0. The lowest BCUT2D eigenvalue weighted by Gasteiger charge is -2.21. The first kappa shape index (κ1) is 15.0. The highest BCUT2D eigenvalue weighted by molar-refractivity contribution is 5.85. The van der Waals surface area contributed by atoms with Crippen LogP contribution in [0.5, 0.6) is 0 Å². The van der Waals surface area contributed by atoms with E-state index in [-0.39, 0.29) is 0 Å². The molecule has 0 bridgehead atoms. The molecule has 0 heterocycles. The Labute approximate surface area is 120 Å². The summed E-state index contributed by atoms with van der Waals surface area (Å²) in [7, 11) is 2.01. The summed E-state index contributed by atoms with van der Waals surface area (Å²) in [5.41, 5.74) is 0.992. The molecule has 0 saturated carbocycles. The molecule has 3 heteroatoms. The van der Waals surface area contributed by atoms with Crippen LogP contribution in [-0.2, 0) is 4.74 Å². The van der Waals surface area contributed by atoms with Crippen LogP contribution in [0.15, 0.2) is 42.5 Å². The number of hydrogen-bond acceptors (Lipinski definition) is 3. The Morgan fingerprint density at radius 1 is 1.15 bits per heavy atom. The van der Waals surface area contributed by atoms with Crippen LogP contribution in [0.1, 0.15) is 18.6 Å². The average molecular weight is 273 g/mol. The minimum absolute atomic E-state index is 0.479. The molecule has 0 aliphatic carbocycles. The van der Waals surface area contributed by atoms with Crippen LogP contribution in [0.25, 0.3) is 10.8 Å². The molecule has 0 spiro atoms. The van der Waals surface area contributed by atoms with E-state index in [2.05, 4.69) is 23.1 Å². The van der Waals surface area contributed by atoms with Crippen LogP contribution >= 0.6 is 0 Å². The molecule has 0 aliphatic heterocycles. The quantitative estimate of drug-likeness (QED) is 0.787. The Morgan fingerprint density at radius 2 is 1.90 bits per heavy atom. The number of fused-ring (bicyclic) bond motifs is 1. The smallest absolute Gasteiger partial charge is 0.0922 e. The zero-order valence-corrected chi connectivity index (χ0v) is 12.2. The van der Waals surface area contributed by atoms with E-state index in [1.54, 1.807) is 0 Å². The predicted molar refractivity (Wildman–Crippen MR) is 82.9 cm³/mol. The Kier molecular flexibility index (Phi) is 5.53. The summed E-state index contributed by atoms with van der Waals surface area (Å²) in [6.45, 7) is 4.87. The van der Waals surface area contributed by atoms with Gasteiger partial charge in [0.05, 0.1) is 12.7 Å². The molecule has 0 saturated heterocycles. The maximum absolute atomic E-state index is 10.5. The van der Waals surface area contributed by atoms with Crippen molar-refractivity contribution in [3.8, 4) is 0 Å². The highest BCUT2D eigenvalue weighted by atomic mass is 16.5. The molecular formula is C17H23NO2. The van der Waals surface area contributed by atoms with Gasteiger partial charge in [0.15, 0.2) is 0 Å². The van der Waals surface area contributed by atoms with Gasteiger partial charge in [0.25, 0.3) is 0 Å². The lowest BCUT2D eigenvalue weighted by molar-refractivity contribution is 0.0896. The van der Waals surface area contributed by atoms with Crippen molar-refractivity contribution >= 4 is 10.8 Å². The number of nitrogens with zero attached hydrogens (tertiary/aromatic N) is 1. The van der Waals surface area contributed by atoms with E-state index in [0.717, 1.165) is 24.1 Å². The van der Waals surface area contributed by atoms with E-state index in [4.69, 9.17) is 4.74 Å². The van der Waals surface area contributed by atoms with Crippen molar-refractivity contribution in [3.05, 3.63) is 48.0 Å². The molecule has 1 atom stereocenters. The largest absolute Gasteiger partial charge is 0.387 e. The van der Waals surface area contributed by atoms with E-state index in [9.17, 15) is 5.11 Å². The zero-order valence-electron chi connectivity index (χ0n) is 12.2. The number of aliphatic hydroxyl groups excluding tert-OH is 1. The normalized spacial score (nSPS) is 13.0. The van der Waals surface area contributed by atoms with Crippen molar-refractivity contribution in [1.29, 1.82) is 0 Å². The van der Waals surface area contributed by atoms with Gasteiger partial charge in [-0.25, -0.2) is 0 Å².